The van der Waals surface area contributed by atoms with E-state index in [1.54, 1.807) is 0 Å². The first-order chi connectivity index (χ1) is 9.04. The fourth-order valence-electron chi connectivity index (χ4n) is 1.68. The average molecular weight is 264 g/mol. The molecule has 108 valence electrons. The predicted molar refractivity (Wildman–Crippen MR) is 81.8 cm³/mol. The van der Waals surface area contributed by atoms with Crippen molar-refractivity contribution in [3.8, 4) is 0 Å². The van der Waals surface area contributed by atoms with Crippen molar-refractivity contribution in [1.82, 2.24) is 4.98 Å². The molecule has 3 heteroatoms. The molecule has 0 bridgehead atoms. The topological polar surface area (TPSA) is 34.1 Å². The van der Waals surface area contributed by atoms with Gasteiger partial charge in [-0.2, -0.15) is 0 Å². The average Bonchev–Trinajstić information content (AvgIpc) is 2.37. The number of unbranched alkanes of at least 4 members (excludes halogenated alkanes) is 1. The van der Waals surface area contributed by atoms with E-state index in [2.05, 4.69) is 50.1 Å². The van der Waals surface area contributed by atoms with E-state index in [-0.39, 0.29) is 5.41 Å². The van der Waals surface area contributed by atoms with Crippen LogP contribution in [0.5, 0.6) is 0 Å². The molecule has 3 nitrogen and oxygen atoms in total. The summed E-state index contributed by atoms with van der Waals surface area (Å²) >= 11 is 0. The zero-order chi connectivity index (χ0) is 14.1. The number of rotatable bonds is 8. The fraction of sp³-hybridized carbons (Fsp3) is 0.688. The summed E-state index contributed by atoms with van der Waals surface area (Å²) in [5.41, 5.74) is 1.43. The van der Waals surface area contributed by atoms with E-state index in [4.69, 9.17) is 4.74 Å². The van der Waals surface area contributed by atoms with E-state index in [0.29, 0.717) is 0 Å². The predicted octanol–water partition coefficient (Wildman–Crippen LogP) is 4.00. The highest BCUT2D eigenvalue weighted by Crippen LogP contribution is 2.21. The van der Waals surface area contributed by atoms with Crippen molar-refractivity contribution < 1.29 is 4.74 Å². The molecular formula is C16H28N2O. The first-order valence-electron chi connectivity index (χ1n) is 7.32. The highest BCUT2D eigenvalue weighted by atomic mass is 16.5. The quantitative estimate of drug-likeness (QED) is 0.721. The van der Waals surface area contributed by atoms with Crippen LogP contribution in [0.4, 0.5) is 5.82 Å². The second-order valence-electron chi connectivity index (χ2n) is 5.93. The van der Waals surface area contributed by atoms with Gasteiger partial charge in [0.05, 0.1) is 0 Å². The van der Waals surface area contributed by atoms with Crippen molar-refractivity contribution >= 4 is 5.82 Å². The van der Waals surface area contributed by atoms with Gasteiger partial charge in [-0.1, -0.05) is 40.2 Å². The number of anilines is 1. The van der Waals surface area contributed by atoms with Gasteiger partial charge in [-0.3, -0.25) is 0 Å². The van der Waals surface area contributed by atoms with Crippen molar-refractivity contribution in [3.05, 3.63) is 23.9 Å². The Kier molecular flexibility index (Phi) is 6.85. The molecule has 0 saturated carbocycles. The Morgan fingerprint density at radius 1 is 1.16 bits per heavy atom. The summed E-state index contributed by atoms with van der Waals surface area (Å²) in [4.78, 5) is 4.44. The van der Waals surface area contributed by atoms with E-state index in [9.17, 15) is 0 Å². The summed E-state index contributed by atoms with van der Waals surface area (Å²) in [5.74, 6) is 0.946. The van der Waals surface area contributed by atoms with Crippen molar-refractivity contribution in [3.63, 3.8) is 0 Å². The van der Waals surface area contributed by atoms with E-state index < -0.39 is 0 Å². The molecule has 0 amide bonds. The normalized spacial score (nSPS) is 11.6. The summed E-state index contributed by atoms with van der Waals surface area (Å²) in [6.07, 6.45) is 5.33. The van der Waals surface area contributed by atoms with Gasteiger partial charge in [0, 0.05) is 26.0 Å². The van der Waals surface area contributed by atoms with Gasteiger partial charge in [0.25, 0.3) is 0 Å². The molecule has 1 N–H and O–H groups in total. The highest BCUT2D eigenvalue weighted by molar-refractivity contribution is 5.36. The van der Waals surface area contributed by atoms with E-state index in [1.807, 2.05) is 6.20 Å². The Morgan fingerprint density at radius 3 is 2.47 bits per heavy atom. The van der Waals surface area contributed by atoms with Crippen molar-refractivity contribution in [2.75, 3.05) is 25.1 Å². The third-order valence-electron chi connectivity index (χ3n) is 3.04. The van der Waals surface area contributed by atoms with Gasteiger partial charge in [-0.15, -0.1) is 0 Å². The molecule has 0 saturated heterocycles. The molecule has 1 aromatic rings. The molecule has 0 fully saturated rings. The molecule has 0 radical (unpaired) electrons. The van der Waals surface area contributed by atoms with Gasteiger partial charge >= 0.3 is 0 Å². The van der Waals surface area contributed by atoms with Gasteiger partial charge in [-0.25, -0.2) is 4.98 Å². The van der Waals surface area contributed by atoms with E-state index in [1.165, 1.54) is 12.0 Å². The highest BCUT2D eigenvalue weighted by Gasteiger charge is 2.13. The zero-order valence-corrected chi connectivity index (χ0v) is 12.8. The number of ether oxygens (including phenoxy) is 1. The van der Waals surface area contributed by atoms with Crippen LogP contribution in [0.1, 0.15) is 52.5 Å². The summed E-state index contributed by atoms with van der Waals surface area (Å²) in [7, 11) is 0. The lowest BCUT2D eigenvalue weighted by molar-refractivity contribution is 0.131. The van der Waals surface area contributed by atoms with Gasteiger partial charge in [-0.05, 0) is 29.9 Å². The number of aromatic nitrogens is 1. The van der Waals surface area contributed by atoms with Crippen molar-refractivity contribution in [2.45, 2.75) is 52.4 Å². The van der Waals surface area contributed by atoms with Gasteiger partial charge in [0.2, 0.25) is 0 Å². The van der Waals surface area contributed by atoms with Crippen LogP contribution in [-0.2, 0) is 10.2 Å². The first kappa shape index (κ1) is 16.0. The maximum Gasteiger partial charge on any atom is 0.125 e. The number of nitrogens with zero attached hydrogens (tertiary/aromatic N) is 1. The van der Waals surface area contributed by atoms with Crippen LogP contribution in [0.15, 0.2) is 18.3 Å². The Hall–Kier alpha value is -1.09. The molecule has 0 atom stereocenters. The van der Waals surface area contributed by atoms with Crippen molar-refractivity contribution in [2.24, 2.45) is 0 Å². The third kappa shape index (κ3) is 6.58. The summed E-state index contributed by atoms with van der Waals surface area (Å²) in [5, 5.41) is 3.32. The molecule has 0 spiro atoms. The fourth-order valence-corrected chi connectivity index (χ4v) is 1.68. The van der Waals surface area contributed by atoms with Crippen molar-refractivity contribution in [1.29, 1.82) is 0 Å². The number of hydrogen-bond acceptors (Lipinski definition) is 3. The molecule has 0 aromatic carbocycles. The summed E-state index contributed by atoms with van der Waals surface area (Å²) in [6.45, 7) is 11.4. The summed E-state index contributed by atoms with van der Waals surface area (Å²) in [6, 6.07) is 4.20. The minimum Gasteiger partial charge on any atom is -0.381 e. The smallest absolute Gasteiger partial charge is 0.125 e. The molecule has 1 rings (SSSR count). The van der Waals surface area contributed by atoms with Gasteiger partial charge in [0.1, 0.15) is 5.82 Å². The Morgan fingerprint density at radius 2 is 1.89 bits per heavy atom. The van der Waals surface area contributed by atoms with Crippen LogP contribution >= 0.6 is 0 Å². The van der Waals surface area contributed by atoms with Gasteiger partial charge < -0.3 is 10.1 Å². The number of hydrogen-bond donors (Lipinski definition) is 1. The molecule has 1 heterocycles. The zero-order valence-electron chi connectivity index (χ0n) is 12.8. The Labute approximate surface area is 117 Å². The molecule has 0 aliphatic rings. The van der Waals surface area contributed by atoms with E-state index >= 15 is 0 Å². The maximum atomic E-state index is 5.52. The SMILES string of the molecule is CCCCOCCCNc1ccc(C(C)(C)C)cn1. The largest absolute Gasteiger partial charge is 0.381 e. The van der Waals surface area contributed by atoms with Crippen LogP contribution < -0.4 is 5.32 Å². The minimum atomic E-state index is 0.165. The second-order valence-corrected chi connectivity index (χ2v) is 5.93. The monoisotopic (exact) mass is 264 g/mol. The van der Waals surface area contributed by atoms with Crippen LogP contribution in [0.25, 0.3) is 0 Å². The lowest BCUT2D eigenvalue weighted by atomic mass is 9.88. The Bertz CT molecular complexity index is 341. The lowest BCUT2D eigenvalue weighted by Gasteiger charge is -2.18. The maximum absolute atomic E-state index is 5.52. The molecule has 0 aliphatic heterocycles. The first-order valence-corrected chi connectivity index (χ1v) is 7.32. The standard InChI is InChI=1S/C16H28N2O/c1-5-6-11-19-12-7-10-17-15-9-8-14(13-18-15)16(2,3)4/h8-9,13H,5-7,10-12H2,1-4H3,(H,17,18). The van der Waals surface area contributed by atoms with Crippen LogP contribution in [0, 0.1) is 0 Å². The molecule has 0 unspecified atom stereocenters. The van der Waals surface area contributed by atoms with Crippen LogP contribution in [-0.4, -0.2) is 24.7 Å². The molecule has 1 aromatic heterocycles. The van der Waals surface area contributed by atoms with Gasteiger partial charge in [0.15, 0.2) is 0 Å². The number of pyridine rings is 1. The van der Waals surface area contributed by atoms with Crippen LogP contribution in [0.3, 0.4) is 0 Å². The van der Waals surface area contributed by atoms with E-state index in [0.717, 1.165) is 38.4 Å². The molecule has 0 aliphatic carbocycles. The Balaban J connectivity index is 2.20. The second kappa shape index (κ2) is 8.16. The lowest BCUT2D eigenvalue weighted by Crippen LogP contribution is -2.12. The summed E-state index contributed by atoms with van der Waals surface area (Å²) < 4.78 is 5.52. The third-order valence-corrected chi connectivity index (χ3v) is 3.04. The molecule has 19 heavy (non-hydrogen) atoms. The molecular weight excluding hydrogens is 236 g/mol. The minimum absolute atomic E-state index is 0.165. The number of nitrogens with one attached hydrogen (secondary N) is 1. The van der Waals surface area contributed by atoms with Crippen LogP contribution in [0.2, 0.25) is 0 Å².